The first kappa shape index (κ1) is 13.7. The minimum absolute atomic E-state index is 1.10. The van der Waals surface area contributed by atoms with Gasteiger partial charge in [-0.3, -0.25) is 4.99 Å². The second kappa shape index (κ2) is 9.86. The van der Waals surface area contributed by atoms with Crippen LogP contribution in [-0.4, -0.2) is 12.3 Å². The van der Waals surface area contributed by atoms with Gasteiger partial charge >= 0.3 is 0 Å². The minimum Gasteiger partial charge on any atom is -0.294 e. The Morgan fingerprint density at radius 3 is 2.06 bits per heavy atom. The van der Waals surface area contributed by atoms with E-state index in [0.29, 0.717) is 0 Å². The summed E-state index contributed by atoms with van der Waals surface area (Å²) in [7, 11) is 0. The van der Waals surface area contributed by atoms with Crippen LogP contribution in [0.2, 0.25) is 0 Å². The fraction of sp³-hybridized carbons (Fsp3) is 0.933. The lowest BCUT2D eigenvalue weighted by Crippen LogP contribution is -1.92. The molecule has 0 amide bonds. The van der Waals surface area contributed by atoms with Crippen molar-refractivity contribution in [1.29, 1.82) is 0 Å². The molecule has 0 aliphatic carbocycles. The lowest BCUT2D eigenvalue weighted by molar-refractivity contribution is 0.568. The van der Waals surface area contributed by atoms with Crippen molar-refractivity contribution < 1.29 is 0 Å². The summed E-state index contributed by atoms with van der Waals surface area (Å²) >= 11 is 0. The molecule has 0 aromatic carbocycles. The Bertz CT molecular complexity index is 184. The van der Waals surface area contributed by atoms with E-state index in [9.17, 15) is 0 Å². The van der Waals surface area contributed by atoms with E-state index in [1.54, 1.807) is 0 Å². The molecular formula is C15H29N. The van der Waals surface area contributed by atoms with Crippen molar-refractivity contribution >= 4 is 5.71 Å². The Balaban J connectivity index is 1.74. The lowest BCUT2D eigenvalue weighted by Gasteiger charge is -2.02. The first-order valence-corrected chi connectivity index (χ1v) is 7.45. The third kappa shape index (κ3) is 7.03. The highest BCUT2D eigenvalue weighted by atomic mass is 14.8. The molecule has 0 aromatic heterocycles. The maximum Gasteiger partial charge on any atom is 0.0392 e. The first-order valence-electron chi connectivity index (χ1n) is 7.45. The topological polar surface area (TPSA) is 12.4 Å². The van der Waals surface area contributed by atoms with Crippen molar-refractivity contribution in [3.05, 3.63) is 0 Å². The lowest BCUT2D eigenvalue weighted by atomic mass is 10.0. The monoisotopic (exact) mass is 223 g/mol. The van der Waals surface area contributed by atoms with Crippen LogP contribution in [0.3, 0.4) is 0 Å². The van der Waals surface area contributed by atoms with Crippen LogP contribution in [0.1, 0.15) is 84.0 Å². The summed E-state index contributed by atoms with van der Waals surface area (Å²) in [5.74, 6) is 0. The van der Waals surface area contributed by atoms with Gasteiger partial charge < -0.3 is 0 Å². The zero-order valence-electron chi connectivity index (χ0n) is 11.1. The van der Waals surface area contributed by atoms with Gasteiger partial charge in [-0.05, 0) is 25.7 Å². The van der Waals surface area contributed by atoms with Crippen LogP contribution in [0.4, 0.5) is 0 Å². The summed E-state index contributed by atoms with van der Waals surface area (Å²) in [6, 6.07) is 0. The fourth-order valence-electron chi connectivity index (χ4n) is 2.44. The normalized spacial score (nSPS) is 15.4. The number of nitrogens with zero attached hydrogens (tertiary/aromatic N) is 1. The highest BCUT2D eigenvalue weighted by molar-refractivity contribution is 5.85. The Morgan fingerprint density at radius 1 is 0.875 bits per heavy atom. The summed E-state index contributed by atoms with van der Waals surface area (Å²) in [6.07, 6.45) is 16.8. The molecule has 1 aliphatic heterocycles. The average molecular weight is 223 g/mol. The van der Waals surface area contributed by atoms with Crippen molar-refractivity contribution in [2.75, 3.05) is 6.54 Å². The van der Waals surface area contributed by atoms with E-state index in [4.69, 9.17) is 0 Å². The van der Waals surface area contributed by atoms with Crippen molar-refractivity contribution in [3.63, 3.8) is 0 Å². The van der Waals surface area contributed by atoms with Crippen LogP contribution in [0.25, 0.3) is 0 Å². The average Bonchev–Trinajstić information content (AvgIpc) is 2.80. The second-order valence-electron chi connectivity index (χ2n) is 5.13. The van der Waals surface area contributed by atoms with Gasteiger partial charge in [-0.15, -0.1) is 0 Å². The smallest absolute Gasteiger partial charge is 0.0392 e. The first-order chi connectivity index (χ1) is 7.93. The molecule has 1 heterocycles. The van der Waals surface area contributed by atoms with Crippen LogP contribution in [-0.2, 0) is 0 Å². The number of hydrogen-bond donors (Lipinski definition) is 0. The van der Waals surface area contributed by atoms with Crippen LogP contribution >= 0.6 is 0 Å². The SMILES string of the molecule is CCCCCCCCCCCC1=NCCC1. The molecule has 1 heteroatoms. The van der Waals surface area contributed by atoms with Gasteiger partial charge in [-0.1, -0.05) is 58.3 Å². The van der Waals surface area contributed by atoms with Gasteiger partial charge in [0.15, 0.2) is 0 Å². The molecule has 1 nitrogen and oxygen atoms in total. The van der Waals surface area contributed by atoms with E-state index < -0.39 is 0 Å². The zero-order valence-corrected chi connectivity index (χ0v) is 11.1. The van der Waals surface area contributed by atoms with Gasteiger partial charge in [0.1, 0.15) is 0 Å². The highest BCUT2D eigenvalue weighted by Gasteiger charge is 2.04. The van der Waals surface area contributed by atoms with Crippen LogP contribution in [0.15, 0.2) is 4.99 Å². The molecular weight excluding hydrogens is 194 g/mol. The van der Waals surface area contributed by atoms with Gasteiger partial charge in [0.05, 0.1) is 0 Å². The quantitative estimate of drug-likeness (QED) is 0.455. The molecule has 0 spiro atoms. The molecule has 0 bridgehead atoms. The molecule has 0 fully saturated rings. The van der Waals surface area contributed by atoms with Gasteiger partial charge in [0.25, 0.3) is 0 Å². The predicted octanol–water partition coefficient (Wildman–Crippen LogP) is 5.14. The van der Waals surface area contributed by atoms with Crippen molar-refractivity contribution in [2.45, 2.75) is 84.0 Å². The molecule has 94 valence electrons. The number of unbranched alkanes of at least 4 members (excludes halogenated alkanes) is 8. The molecule has 1 rings (SSSR count). The van der Waals surface area contributed by atoms with Gasteiger partial charge in [-0.2, -0.15) is 0 Å². The molecule has 0 N–H and O–H groups in total. The predicted molar refractivity (Wildman–Crippen MR) is 73.4 cm³/mol. The molecule has 0 radical (unpaired) electrons. The third-order valence-corrected chi connectivity index (χ3v) is 3.53. The summed E-state index contributed by atoms with van der Waals surface area (Å²) in [6.45, 7) is 3.39. The molecule has 1 aliphatic rings. The molecule has 0 aromatic rings. The van der Waals surface area contributed by atoms with Gasteiger partial charge in [0, 0.05) is 12.3 Å². The third-order valence-electron chi connectivity index (χ3n) is 3.53. The summed E-state index contributed by atoms with van der Waals surface area (Å²) < 4.78 is 0. The molecule has 16 heavy (non-hydrogen) atoms. The van der Waals surface area contributed by atoms with Crippen LogP contribution in [0, 0.1) is 0 Å². The zero-order chi connectivity index (χ0) is 11.5. The van der Waals surface area contributed by atoms with Gasteiger partial charge in [0.2, 0.25) is 0 Å². The van der Waals surface area contributed by atoms with E-state index in [2.05, 4.69) is 11.9 Å². The van der Waals surface area contributed by atoms with E-state index in [1.807, 2.05) is 0 Å². The Kier molecular flexibility index (Phi) is 8.47. The van der Waals surface area contributed by atoms with Crippen molar-refractivity contribution in [3.8, 4) is 0 Å². The molecule has 0 saturated heterocycles. The standard InChI is InChI=1S/C15H29N/c1-2-3-4-5-6-7-8-9-10-12-15-13-11-14-16-15/h2-14H2,1H3. The second-order valence-corrected chi connectivity index (χ2v) is 5.13. The number of hydrogen-bond acceptors (Lipinski definition) is 1. The van der Waals surface area contributed by atoms with Gasteiger partial charge in [-0.25, -0.2) is 0 Å². The molecule has 0 saturated carbocycles. The number of rotatable bonds is 10. The summed E-state index contributed by atoms with van der Waals surface area (Å²) in [5.41, 5.74) is 1.50. The molecule has 0 atom stereocenters. The van der Waals surface area contributed by atoms with E-state index in [1.165, 1.54) is 82.8 Å². The van der Waals surface area contributed by atoms with E-state index in [-0.39, 0.29) is 0 Å². The Morgan fingerprint density at radius 2 is 1.50 bits per heavy atom. The summed E-state index contributed by atoms with van der Waals surface area (Å²) in [5, 5.41) is 0. The largest absolute Gasteiger partial charge is 0.294 e. The van der Waals surface area contributed by atoms with E-state index >= 15 is 0 Å². The fourth-order valence-corrected chi connectivity index (χ4v) is 2.44. The highest BCUT2D eigenvalue weighted by Crippen LogP contribution is 2.13. The Hall–Kier alpha value is -0.330. The number of aliphatic imine (C=N–C) groups is 1. The maximum absolute atomic E-state index is 4.52. The van der Waals surface area contributed by atoms with Crippen molar-refractivity contribution in [2.24, 2.45) is 4.99 Å². The molecule has 0 unspecified atom stereocenters. The summed E-state index contributed by atoms with van der Waals surface area (Å²) in [4.78, 5) is 4.52. The van der Waals surface area contributed by atoms with Crippen LogP contribution < -0.4 is 0 Å². The van der Waals surface area contributed by atoms with Crippen molar-refractivity contribution in [1.82, 2.24) is 0 Å². The minimum atomic E-state index is 1.10. The Labute approximate surface area is 102 Å². The van der Waals surface area contributed by atoms with E-state index in [0.717, 1.165) is 6.54 Å². The van der Waals surface area contributed by atoms with Crippen LogP contribution in [0.5, 0.6) is 0 Å². The maximum atomic E-state index is 4.52.